The van der Waals surface area contributed by atoms with Crippen molar-refractivity contribution in [3.63, 3.8) is 0 Å². The molecule has 8 heteroatoms. The Bertz CT molecular complexity index is 1010. The molecule has 2 N–H and O–H groups in total. The van der Waals surface area contributed by atoms with Gasteiger partial charge in [0.15, 0.2) is 0 Å². The minimum Gasteiger partial charge on any atom is -0.507 e. The van der Waals surface area contributed by atoms with Gasteiger partial charge in [0.05, 0.1) is 12.4 Å². The van der Waals surface area contributed by atoms with E-state index in [0.717, 1.165) is 43.2 Å². The number of aromatic hydroxyl groups is 1. The van der Waals surface area contributed by atoms with Gasteiger partial charge in [-0.2, -0.15) is 5.10 Å². The van der Waals surface area contributed by atoms with Gasteiger partial charge in [0.2, 0.25) is 5.95 Å². The fourth-order valence-electron chi connectivity index (χ4n) is 4.16. The van der Waals surface area contributed by atoms with E-state index >= 15 is 0 Å². The summed E-state index contributed by atoms with van der Waals surface area (Å²) in [4.78, 5) is 6.73. The molecule has 1 saturated carbocycles. The van der Waals surface area contributed by atoms with Gasteiger partial charge in [-0.1, -0.05) is 12.5 Å². The van der Waals surface area contributed by atoms with Gasteiger partial charge in [-0.05, 0) is 49.4 Å². The zero-order valence-corrected chi connectivity index (χ0v) is 17.2. The van der Waals surface area contributed by atoms with Crippen LogP contribution in [0.4, 0.5) is 5.95 Å². The fourth-order valence-corrected chi connectivity index (χ4v) is 4.16. The summed E-state index contributed by atoms with van der Waals surface area (Å²) in [6.45, 7) is 3.00. The number of aromatic nitrogens is 5. The van der Waals surface area contributed by atoms with Crippen LogP contribution >= 0.6 is 0 Å². The highest BCUT2D eigenvalue weighted by molar-refractivity contribution is 5.73. The molecular weight excluding hydrogens is 378 g/mol. The molecule has 156 valence electrons. The van der Waals surface area contributed by atoms with Crippen LogP contribution in [-0.2, 0) is 7.05 Å². The Morgan fingerprint density at radius 1 is 1.13 bits per heavy atom. The van der Waals surface area contributed by atoms with E-state index < -0.39 is 0 Å². The lowest BCUT2D eigenvalue weighted by Gasteiger charge is -2.28. The van der Waals surface area contributed by atoms with Gasteiger partial charge in [-0.3, -0.25) is 4.68 Å². The van der Waals surface area contributed by atoms with Crippen LogP contribution in [-0.4, -0.2) is 55.7 Å². The summed E-state index contributed by atoms with van der Waals surface area (Å²) < 4.78 is 1.74. The monoisotopic (exact) mass is 405 g/mol. The standard InChI is InChI=1S/C22H27N7O/c1-28-14-17(11-25-28)16-5-6-19(21(30)9-16)20-12-24-22(27-26-20)29-8-7-15(13-29)10-23-18-3-2-4-18/h5-6,9,11-12,14-15,18,23,30H,2-4,7-8,10,13H2,1H3. The fraction of sp³-hybridized carbons (Fsp3) is 0.455. The van der Waals surface area contributed by atoms with Crippen LogP contribution < -0.4 is 10.2 Å². The highest BCUT2D eigenvalue weighted by Gasteiger charge is 2.26. The lowest BCUT2D eigenvalue weighted by atomic mass is 9.92. The van der Waals surface area contributed by atoms with Gasteiger partial charge in [0.25, 0.3) is 0 Å². The van der Waals surface area contributed by atoms with Gasteiger partial charge < -0.3 is 15.3 Å². The van der Waals surface area contributed by atoms with Crippen LogP contribution in [0.25, 0.3) is 22.4 Å². The minimum atomic E-state index is 0.156. The maximum Gasteiger partial charge on any atom is 0.245 e. The molecular formula is C22H27N7O. The second-order valence-electron chi connectivity index (χ2n) is 8.41. The number of rotatable bonds is 6. The molecule has 3 heterocycles. The topological polar surface area (TPSA) is 92.0 Å². The molecule has 2 fully saturated rings. The normalized spacial score (nSPS) is 19.2. The van der Waals surface area contributed by atoms with Gasteiger partial charge in [-0.25, -0.2) is 4.98 Å². The van der Waals surface area contributed by atoms with Crippen LogP contribution in [0.2, 0.25) is 0 Å². The summed E-state index contributed by atoms with van der Waals surface area (Å²) in [7, 11) is 1.87. The Morgan fingerprint density at radius 3 is 2.70 bits per heavy atom. The highest BCUT2D eigenvalue weighted by atomic mass is 16.3. The molecule has 1 atom stereocenters. The lowest BCUT2D eigenvalue weighted by molar-refractivity contribution is 0.321. The van der Waals surface area contributed by atoms with E-state index in [0.29, 0.717) is 23.1 Å². The van der Waals surface area contributed by atoms with E-state index in [1.165, 1.54) is 19.3 Å². The van der Waals surface area contributed by atoms with Crippen LogP contribution in [0.15, 0.2) is 36.8 Å². The number of hydrogen-bond donors (Lipinski definition) is 2. The summed E-state index contributed by atoms with van der Waals surface area (Å²) >= 11 is 0. The Balaban J connectivity index is 1.25. The first-order valence-electron chi connectivity index (χ1n) is 10.7. The van der Waals surface area contributed by atoms with E-state index in [2.05, 4.69) is 30.5 Å². The third-order valence-electron chi connectivity index (χ3n) is 6.23. The number of aryl methyl sites for hydroxylation is 1. The van der Waals surface area contributed by atoms with Crippen LogP contribution in [0.1, 0.15) is 25.7 Å². The van der Waals surface area contributed by atoms with Crippen molar-refractivity contribution in [2.24, 2.45) is 13.0 Å². The predicted molar refractivity (Wildman–Crippen MR) is 115 cm³/mol. The number of benzene rings is 1. The molecule has 1 saturated heterocycles. The Hall–Kier alpha value is -3.00. The molecule has 3 aromatic rings. The van der Waals surface area contributed by atoms with Crippen LogP contribution in [0, 0.1) is 5.92 Å². The summed E-state index contributed by atoms with van der Waals surface area (Å²) in [5.74, 6) is 1.46. The number of phenols is 1. The lowest BCUT2D eigenvalue weighted by Crippen LogP contribution is -2.38. The number of phenolic OH excluding ortho intramolecular Hbond substituents is 1. The van der Waals surface area contributed by atoms with Crippen molar-refractivity contribution >= 4 is 5.95 Å². The van der Waals surface area contributed by atoms with E-state index in [9.17, 15) is 5.11 Å². The van der Waals surface area contributed by atoms with Crippen molar-refractivity contribution in [3.8, 4) is 28.1 Å². The van der Waals surface area contributed by atoms with Crippen molar-refractivity contribution in [2.45, 2.75) is 31.7 Å². The average molecular weight is 406 g/mol. The first-order valence-corrected chi connectivity index (χ1v) is 10.7. The maximum absolute atomic E-state index is 10.5. The molecule has 0 bridgehead atoms. The third kappa shape index (κ3) is 3.87. The third-order valence-corrected chi connectivity index (χ3v) is 6.23. The minimum absolute atomic E-state index is 0.156. The predicted octanol–water partition coefficient (Wildman–Crippen LogP) is 2.61. The molecule has 0 radical (unpaired) electrons. The molecule has 5 rings (SSSR count). The first-order chi connectivity index (χ1) is 14.7. The second kappa shape index (κ2) is 8.02. The number of nitrogens with one attached hydrogen (secondary N) is 1. The Kier molecular flexibility index (Phi) is 5.08. The molecule has 1 aliphatic carbocycles. The van der Waals surface area contributed by atoms with Gasteiger partial charge in [0, 0.05) is 43.5 Å². The van der Waals surface area contributed by atoms with Crippen LogP contribution in [0.3, 0.4) is 0 Å². The van der Waals surface area contributed by atoms with Gasteiger partial charge >= 0.3 is 0 Å². The average Bonchev–Trinajstić information content (AvgIpc) is 3.36. The largest absolute Gasteiger partial charge is 0.507 e. The highest BCUT2D eigenvalue weighted by Crippen LogP contribution is 2.32. The van der Waals surface area contributed by atoms with E-state index in [4.69, 9.17) is 0 Å². The quantitative estimate of drug-likeness (QED) is 0.651. The van der Waals surface area contributed by atoms with Crippen molar-refractivity contribution in [1.29, 1.82) is 0 Å². The van der Waals surface area contributed by atoms with Gasteiger partial charge in [-0.15, -0.1) is 10.2 Å². The van der Waals surface area contributed by atoms with Crippen LogP contribution in [0.5, 0.6) is 5.75 Å². The SMILES string of the molecule is Cn1cc(-c2ccc(-c3cnc(N4CCC(CNC5CCC5)C4)nn3)c(O)c2)cn1. The Morgan fingerprint density at radius 2 is 2.03 bits per heavy atom. The summed E-state index contributed by atoms with van der Waals surface area (Å²) in [6, 6.07) is 6.25. The van der Waals surface area contributed by atoms with E-state index in [1.54, 1.807) is 23.1 Å². The van der Waals surface area contributed by atoms with Gasteiger partial charge in [0.1, 0.15) is 11.4 Å². The van der Waals surface area contributed by atoms with Crippen molar-refractivity contribution < 1.29 is 5.11 Å². The molecule has 1 aromatic carbocycles. The number of anilines is 1. The molecule has 8 nitrogen and oxygen atoms in total. The summed E-state index contributed by atoms with van der Waals surface area (Å²) in [5.41, 5.74) is 3.05. The maximum atomic E-state index is 10.5. The Labute approximate surface area is 176 Å². The van der Waals surface area contributed by atoms with Crippen molar-refractivity contribution in [2.75, 3.05) is 24.5 Å². The molecule has 0 spiro atoms. The first kappa shape index (κ1) is 19.0. The van der Waals surface area contributed by atoms with Crippen molar-refractivity contribution in [1.82, 2.24) is 30.3 Å². The number of hydrogen-bond acceptors (Lipinski definition) is 7. The zero-order valence-electron chi connectivity index (χ0n) is 17.2. The zero-order chi connectivity index (χ0) is 20.5. The smallest absolute Gasteiger partial charge is 0.245 e. The molecule has 0 amide bonds. The molecule has 2 aromatic heterocycles. The van der Waals surface area contributed by atoms with E-state index in [1.807, 2.05) is 25.4 Å². The second-order valence-corrected chi connectivity index (χ2v) is 8.41. The summed E-state index contributed by atoms with van der Waals surface area (Å²) in [6.07, 6.45) is 10.5. The molecule has 1 unspecified atom stereocenters. The summed E-state index contributed by atoms with van der Waals surface area (Å²) in [5, 5.41) is 27.0. The molecule has 30 heavy (non-hydrogen) atoms. The molecule has 1 aliphatic heterocycles. The van der Waals surface area contributed by atoms with Crippen molar-refractivity contribution in [3.05, 3.63) is 36.8 Å². The molecule has 2 aliphatic rings. The number of nitrogens with zero attached hydrogens (tertiary/aromatic N) is 6. The van der Waals surface area contributed by atoms with E-state index in [-0.39, 0.29) is 5.75 Å².